The van der Waals surface area contributed by atoms with Gasteiger partial charge in [-0.3, -0.25) is 14.7 Å². The molecule has 72 valence electrons. The molecule has 0 bridgehead atoms. The molecule has 0 atom stereocenters. The van der Waals surface area contributed by atoms with Gasteiger partial charge in [0.15, 0.2) is 0 Å². The van der Waals surface area contributed by atoms with Gasteiger partial charge in [0.25, 0.3) is 0 Å². The van der Waals surface area contributed by atoms with Crippen molar-refractivity contribution in [2.24, 2.45) is 0 Å². The summed E-state index contributed by atoms with van der Waals surface area (Å²) < 4.78 is 18.7. The maximum absolute atomic E-state index is 11.0. The first kappa shape index (κ1) is 12.2. The number of hydrogen-bond acceptors (Lipinski definition) is 5. The van der Waals surface area contributed by atoms with Crippen molar-refractivity contribution >= 4 is 37.3 Å². The number of aliphatic carboxylic acids is 1. The predicted octanol–water partition coefficient (Wildman–Crippen LogP) is 1.15. The average Bonchev–Trinajstić information content (AvgIpc) is 2.03. The van der Waals surface area contributed by atoms with Gasteiger partial charge in [0.2, 0.25) is 0 Å². The summed E-state index contributed by atoms with van der Waals surface area (Å²) in [5.74, 6) is -1.11. The largest absolute Gasteiger partial charge is 0.480 e. The van der Waals surface area contributed by atoms with Gasteiger partial charge in [-0.1, -0.05) is 0 Å². The van der Waals surface area contributed by atoms with Crippen molar-refractivity contribution in [1.29, 1.82) is 0 Å². The van der Waals surface area contributed by atoms with Gasteiger partial charge in [-0.25, -0.2) is 0 Å². The van der Waals surface area contributed by atoms with E-state index in [0.717, 1.165) is 0 Å². The Morgan fingerprint density at radius 2 is 2.00 bits per heavy atom. The second-order valence-electron chi connectivity index (χ2n) is 1.73. The van der Waals surface area contributed by atoms with Crippen LogP contribution in [0.15, 0.2) is 0 Å². The van der Waals surface area contributed by atoms with Crippen LogP contribution in [0, 0.1) is 0 Å². The maximum atomic E-state index is 11.0. The third-order valence-electron chi connectivity index (χ3n) is 0.792. The fourth-order valence-corrected chi connectivity index (χ4v) is 1.41. The van der Waals surface area contributed by atoms with Crippen LogP contribution in [0.3, 0.4) is 0 Å². The lowest BCUT2D eigenvalue weighted by Gasteiger charge is -2.08. The molecular formula is C3H6Cl2NO5P. The third-order valence-corrected chi connectivity index (χ3v) is 3.09. The minimum absolute atomic E-state index is 0.369. The van der Waals surface area contributed by atoms with E-state index in [4.69, 9.17) is 28.8 Å². The average molecular weight is 238 g/mol. The Morgan fingerprint density at radius 1 is 1.50 bits per heavy atom. The molecule has 0 rings (SSSR count). The Morgan fingerprint density at radius 3 is 2.33 bits per heavy atom. The van der Waals surface area contributed by atoms with Crippen LogP contribution >= 0.6 is 31.3 Å². The molecule has 0 spiro atoms. The summed E-state index contributed by atoms with van der Waals surface area (Å²) in [4.78, 5) is 9.96. The fraction of sp³-hybridized carbons (Fsp3) is 0.667. The summed E-state index contributed by atoms with van der Waals surface area (Å²) >= 11 is 9.53. The molecule has 0 aliphatic carbocycles. The quantitative estimate of drug-likeness (QED) is 0.675. The molecule has 12 heavy (non-hydrogen) atoms. The zero-order chi connectivity index (χ0) is 9.61. The van der Waals surface area contributed by atoms with Crippen molar-refractivity contribution in [1.82, 2.24) is 5.32 Å². The molecule has 9 heteroatoms. The molecule has 0 heterocycles. The molecule has 0 aliphatic heterocycles. The Labute approximate surface area is 78.6 Å². The highest BCUT2D eigenvalue weighted by Gasteiger charge is 2.24. The number of nitrogens with one attached hydrogen (secondary N) is 1. The molecule has 6 nitrogen and oxygen atoms in total. The Balaban J connectivity index is 3.74. The Hall–Kier alpha value is 0.160. The molecule has 0 aromatic heterocycles. The van der Waals surface area contributed by atoms with Gasteiger partial charge >= 0.3 is 13.6 Å². The summed E-state index contributed by atoms with van der Waals surface area (Å²) in [6.07, 6.45) is -0.369. The van der Waals surface area contributed by atoms with Crippen LogP contribution in [-0.2, 0) is 17.5 Å². The molecule has 0 saturated heterocycles. The summed E-state index contributed by atoms with van der Waals surface area (Å²) in [5.41, 5.74) is 0. The number of carboxylic acid groups (broad SMARTS) is 1. The molecule has 0 saturated carbocycles. The van der Waals surface area contributed by atoms with Crippen LogP contribution in [-0.4, -0.2) is 23.9 Å². The van der Waals surface area contributed by atoms with Gasteiger partial charge < -0.3 is 5.11 Å². The lowest BCUT2D eigenvalue weighted by atomic mass is 10.7. The van der Waals surface area contributed by atoms with Gasteiger partial charge in [0, 0.05) is 0 Å². The summed E-state index contributed by atoms with van der Waals surface area (Å²) in [7, 11) is -3.58. The highest BCUT2D eigenvalue weighted by molar-refractivity contribution is 7.55. The summed E-state index contributed by atoms with van der Waals surface area (Å²) in [6.45, 7) is -0.384. The second-order valence-corrected chi connectivity index (χ2v) is 4.37. The van der Waals surface area contributed by atoms with Gasteiger partial charge in [-0.15, -0.1) is 0 Å². The smallest absolute Gasteiger partial charge is 0.376 e. The Bertz CT molecular complexity index is 191. The van der Waals surface area contributed by atoms with E-state index in [0.29, 0.717) is 0 Å². The monoisotopic (exact) mass is 237 g/mol. The molecule has 0 unspecified atom stereocenters. The lowest BCUT2D eigenvalue weighted by molar-refractivity contribution is -0.135. The van der Waals surface area contributed by atoms with Crippen LogP contribution in [0.2, 0.25) is 0 Å². The molecule has 0 aromatic rings. The maximum Gasteiger partial charge on any atom is 0.376 e. The highest BCUT2D eigenvalue weighted by Crippen LogP contribution is 2.49. The number of rotatable bonds is 6. The van der Waals surface area contributed by atoms with Crippen molar-refractivity contribution in [3.05, 3.63) is 0 Å². The van der Waals surface area contributed by atoms with Crippen molar-refractivity contribution in [2.75, 3.05) is 12.8 Å². The number of hydrogen-bond donors (Lipinski definition) is 2. The SMILES string of the molecule is O=C(O)CNCP(=O)(OCl)OCl. The normalized spacial score (nSPS) is 11.5. The summed E-state index contributed by atoms with van der Waals surface area (Å²) in [6, 6.07) is 0. The topological polar surface area (TPSA) is 84.9 Å². The molecule has 0 amide bonds. The van der Waals surface area contributed by atoms with E-state index >= 15 is 0 Å². The van der Waals surface area contributed by atoms with Gasteiger partial charge in [0.1, 0.15) is 6.29 Å². The molecule has 0 aromatic carbocycles. The predicted molar refractivity (Wildman–Crippen MR) is 42.0 cm³/mol. The summed E-state index contributed by atoms with van der Waals surface area (Å²) in [5, 5.41) is 10.4. The van der Waals surface area contributed by atoms with E-state index in [-0.39, 0.29) is 12.8 Å². The van der Waals surface area contributed by atoms with Crippen molar-refractivity contribution in [2.45, 2.75) is 0 Å². The van der Waals surface area contributed by atoms with Gasteiger partial charge in [-0.2, -0.15) is 8.15 Å². The van der Waals surface area contributed by atoms with E-state index in [1.807, 2.05) is 0 Å². The molecule has 0 radical (unpaired) electrons. The van der Waals surface area contributed by atoms with Gasteiger partial charge in [0.05, 0.1) is 30.3 Å². The van der Waals surface area contributed by atoms with Crippen LogP contribution < -0.4 is 5.32 Å². The van der Waals surface area contributed by atoms with Gasteiger partial charge in [-0.05, 0) is 0 Å². The minimum atomic E-state index is -3.58. The third kappa shape index (κ3) is 4.92. The first-order chi connectivity index (χ1) is 5.54. The van der Waals surface area contributed by atoms with E-state index in [1.54, 1.807) is 0 Å². The molecule has 0 aliphatic rings. The zero-order valence-corrected chi connectivity index (χ0v) is 8.10. The van der Waals surface area contributed by atoms with Crippen LogP contribution in [0.1, 0.15) is 0 Å². The minimum Gasteiger partial charge on any atom is -0.480 e. The van der Waals surface area contributed by atoms with Crippen LogP contribution in [0.4, 0.5) is 0 Å². The fourth-order valence-electron chi connectivity index (χ4n) is 0.359. The van der Waals surface area contributed by atoms with Crippen LogP contribution in [0.25, 0.3) is 0 Å². The lowest BCUT2D eigenvalue weighted by Crippen LogP contribution is -2.23. The first-order valence-corrected chi connectivity index (χ1v) is 5.01. The molecule has 2 N–H and O–H groups in total. The van der Waals surface area contributed by atoms with Crippen molar-refractivity contribution in [3.8, 4) is 0 Å². The zero-order valence-electron chi connectivity index (χ0n) is 5.70. The van der Waals surface area contributed by atoms with Crippen molar-refractivity contribution < 1.29 is 22.6 Å². The molecular weight excluding hydrogens is 232 g/mol. The van der Waals surface area contributed by atoms with Crippen LogP contribution in [0.5, 0.6) is 0 Å². The van der Waals surface area contributed by atoms with E-state index in [2.05, 4.69) is 13.5 Å². The van der Waals surface area contributed by atoms with E-state index < -0.39 is 13.6 Å². The Kier molecular flexibility index (Phi) is 5.82. The number of carbonyl (C=O) groups is 1. The molecule has 0 fully saturated rings. The van der Waals surface area contributed by atoms with E-state index in [1.165, 1.54) is 0 Å². The van der Waals surface area contributed by atoms with Crippen molar-refractivity contribution in [3.63, 3.8) is 0 Å². The second kappa shape index (κ2) is 5.75. The standard InChI is InChI=1S/C3H6Cl2NO5P/c4-10-12(9,11-5)2-6-1-3(7)8/h6H,1-2H2,(H,7,8). The number of halogens is 2. The first-order valence-electron chi connectivity index (χ1n) is 2.66. The highest BCUT2D eigenvalue weighted by atomic mass is 35.5. The van der Waals surface area contributed by atoms with E-state index in [9.17, 15) is 9.36 Å². The number of carboxylic acids is 1.